The van der Waals surface area contributed by atoms with Crippen molar-refractivity contribution in [3.8, 4) is 22.5 Å². The van der Waals surface area contributed by atoms with Crippen molar-refractivity contribution in [1.82, 2.24) is 9.13 Å². The number of hydrogen-bond donors (Lipinski definition) is 0. The molecule has 0 radical (unpaired) electrons. The second-order valence-corrected chi connectivity index (χ2v) is 17.4. The van der Waals surface area contributed by atoms with E-state index in [2.05, 4.69) is 203 Å². The highest BCUT2D eigenvalue weighted by Gasteiger charge is 2.48. The number of benzene rings is 8. The summed E-state index contributed by atoms with van der Waals surface area (Å²) in [6, 6.07) is 72.3. The van der Waals surface area contributed by atoms with Crippen LogP contribution in [0.3, 0.4) is 0 Å². The summed E-state index contributed by atoms with van der Waals surface area (Å²) in [6.45, 7) is 0. The van der Waals surface area contributed by atoms with Crippen LogP contribution >= 0.6 is 0 Å². The minimum absolute atomic E-state index is 1.16. The largest absolute Gasteiger partial charge is 0.307 e. The molecule has 51 heavy (non-hydrogen) atoms. The van der Waals surface area contributed by atoms with Gasteiger partial charge in [-0.05, 0) is 68.3 Å². The fourth-order valence-corrected chi connectivity index (χ4v) is 14.4. The lowest BCUT2D eigenvalue weighted by atomic mass is 10.1. The fourth-order valence-electron chi connectivity index (χ4n) is 9.20. The molecule has 2 aromatic heterocycles. The zero-order valence-electron chi connectivity index (χ0n) is 27.9. The number of rotatable bonds is 4. The van der Waals surface area contributed by atoms with E-state index >= 15 is 0 Å². The van der Waals surface area contributed by atoms with E-state index in [0.29, 0.717) is 0 Å². The first-order chi connectivity index (χ1) is 25.3. The molecular weight excluding hydrogens is 633 g/mol. The number of para-hydroxylation sites is 3. The SMILES string of the molecule is c1ccc(-n2c3ccccc3c3ccc4c5ccccc5n(-c5cccc([Si]6(c7ccccc7)c7ccccc7-c7ccccc76)c5)c4c32)cc1. The molecule has 0 saturated heterocycles. The van der Waals surface area contributed by atoms with Crippen LogP contribution in [-0.2, 0) is 0 Å². The number of fused-ring (bicyclic) bond motifs is 10. The van der Waals surface area contributed by atoms with Crippen molar-refractivity contribution in [1.29, 1.82) is 0 Å². The van der Waals surface area contributed by atoms with Gasteiger partial charge in [0.25, 0.3) is 0 Å². The van der Waals surface area contributed by atoms with Gasteiger partial charge in [0.2, 0.25) is 0 Å². The Hall–Kier alpha value is -6.42. The van der Waals surface area contributed by atoms with Crippen LogP contribution in [0.1, 0.15) is 0 Å². The van der Waals surface area contributed by atoms with Crippen molar-refractivity contribution in [3.05, 3.63) is 194 Å². The molecule has 0 saturated carbocycles. The zero-order chi connectivity index (χ0) is 33.5. The Morgan fingerprint density at radius 2 is 0.765 bits per heavy atom. The number of hydrogen-bond acceptors (Lipinski definition) is 0. The maximum absolute atomic E-state index is 2.67. The normalized spacial score (nSPS) is 13.3. The molecule has 1 aliphatic rings. The maximum Gasteiger partial charge on any atom is 0.180 e. The average molecular weight is 665 g/mol. The Kier molecular flexibility index (Phi) is 6.01. The van der Waals surface area contributed by atoms with Crippen LogP contribution in [0.2, 0.25) is 0 Å². The summed E-state index contributed by atoms with van der Waals surface area (Å²) in [5.74, 6) is 0. The standard InChI is InChI=1S/C48H32N2Si/c1-3-16-33(17-4-1)49-43-26-11-7-22-37(43)41-30-31-42-38-23-8-12-27-44(38)50(48(42)47(41)49)34-18-15-21-36(32-34)51(35-19-5-2-6-20-35)45-28-13-9-24-39(45)40-25-10-14-29-46(40)51/h1-32H. The van der Waals surface area contributed by atoms with E-state index in [1.807, 2.05) is 0 Å². The van der Waals surface area contributed by atoms with E-state index in [9.17, 15) is 0 Å². The van der Waals surface area contributed by atoms with E-state index < -0.39 is 8.07 Å². The van der Waals surface area contributed by atoms with Crippen molar-refractivity contribution in [2.24, 2.45) is 0 Å². The predicted octanol–water partition coefficient (Wildman–Crippen LogP) is 9.24. The third kappa shape index (κ3) is 3.81. The molecule has 8 aromatic carbocycles. The summed E-state index contributed by atoms with van der Waals surface area (Å²) in [5.41, 5.74) is 9.95. The molecule has 2 nitrogen and oxygen atoms in total. The molecule has 0 unspecified atom stereocenters. The molecule has 0 bridgehead atoms. The van der Waals surface area contributed by atoms with E-state index in [4.69, 9.17) is 0 Å². The molecule has 10 aromatic rings. The number of aromatic nitrogens is 2. The summed E-state index contributed by atoms with van der Waals surface area (Å²) in [7, 11) is -2.67. The third-order valence-corrected chi connectivity index (χ3v) is 16.0. The highest BCUT2D eigenvalue weighted by molar-refractivity contribution is 7.22. The molecule has 3 heterocycles. The molecule has 238 valence electrons. The fraction of sp³-hybridized carbons (Fsp3) is 0. The lowest BCUT2D eigenvalue weighted by molar-refractivity contribution is 1.15. The van der Waals surface area contributed by atoms with Crippen LogP contribution in [0, 0.1) is 0 Å². The van der Waals surface area contributed by atoms with Gasteiger partial charge >= 0.3 is 0 Å². The van der Waals surface area contributed by atoms with Crippen LogP contribution in [0.4, 0.5) is 0 Å². The molecule has 3 heteroatoms. The van der Waals surface area contributed by atoms with Gasteiger partial charge in [-0.2, -0.15) is 0 Å². The Balaban J connectivity index is 1.29. The number of nitrogens with zero attached hydrogens (tertiary/aromatic N) is 2. The first-order valence-corrected chi connectivity index (χ1v) is 19.7. The van der Waals surface area contributed by atoms with Crippen LogP contribution < -0.4 is 20.7 Å². The minimum Gasteiger partial charge on any atom is -0.307 e. The van der Waals surface area contributed by atoms with Gasteiger partial charge in [-0.25, -0.2) is 0 Å². The van der Waals surface area contributed by atoms with Crippen LogP contribution in [-0.4, -0.2) is 17.2 Å². The smallest absolute Gasteiger partial charge is 0.180 e. The molecule has 0 amide bonds. The first kappa shape index (κ1) is 28.4. The van der Waals surface area contributed by atoms with E-state index in [1.54, 1.807) is 0 Å². The molecular formula is C48H32N2Si. The maximum atomic E-state index is 2.54. The summed E-state index contributed by atoms with van der Waals surface area (Å²) >= 11 is 0. The summed E-state index contributed by atoms with van der Waals surface area (Å²) in [6.07, 6.45) is 0. The Bertz CT molecular complexity index is 2920. The van der Waals surface area contributed by atoms with Gasteiger partial charge in [0.1, 0.15) is 0 Å². The van der Waals surface area contributed by atoms with E-state index in [-0.39, 0.29) is 0 Å². The second-order valence-electron chi connectivity index (χ2n) is 13.7. The predicted molar refractivity (Wildman–Crippen MR) is 218 cm³/mol. The Morgan fingerprint density at radius 3 is 1.37 bits per heavy atom. The Labute approximate surface area is 297 Å². The van der Waals surface area contributed by atoms with Gasteiger partial charge in [0, 0.05) is 32.9 Å². The highest BCUT2D eigenvalue weighted by atomic mass is 28.3. The van der Waals surface area contributed by atoms with E-state index in [0.717, 1.165) is 5.69 Å². The van der Waals surface area contributed by atoms with Crippen LogP contribution in [0.5, 0.6) is 0 Å². The van der Waals surface area contributed by atoms with Gasteiger partial charge in [-0.1, -0.05) is 158 Å². The minimum atomic E-state index is -2.67. The average Bonchev–Trinajstić information content (AvgIpc) is 3.83. The lowest BCUT2D eigenvalue weighted by Crippen LogP contribution is -2.72. The van der Waals surface area contributed by atoms with Gasteiger partial charge in [0.05, 0.1) is 22.1 Å². The molecule has 1 aliphatic heterocycles. The van der Waals surface area contributed by atoms with Crippen molar-refractivity contribution in [2.45, 2.75) is 0 Å². The third-order valence-electron chi connectivity index (χ3n) is 11.2. The first-order valence-electron chi connectivity index (χ1n) is 17.7. The van der Waals surface area contributed by atoms with Crippen molar-refractivity contribution < 1.29 is 0 Å². The molecule has 0 aliphatic carbocycles. The van der Waals surface area contributed by atoms with Gasteiger partial charge in [0.15, 0.2) is 8.07 Å². The quantitative estimate of drug-likeness (QED) is 0.166. The molecule has 0 N–H and O–H groups in total. The molecule has 0 spiro atoms. The summed E-state index contributed by atoms with van der Waals surface area (Å²) in [4.78, 5) is 0. The van der Waals surface area contributed by atoms with Gasteiger partial charge < -0.3 is 9.13 Å². The van der Waals surface area contributed by atoms with Crippen LogP contribution in [0.25, 0.3) is 66.1 Å². The lowest BCUT2D eigenvalue weighted by Gasteiger charge is -2.31. The summed E-state index contributed by atoms with van der Waals surface area (Å²) < 4.78 is 5.00. The van der Waals surface area contributed by atoms with Crippen molar-refractivity contribution in [3.63, 3.8) is 0 Å². The zero-order valence-corrected chi connectivity index (χ0v) is 28.9. The summed E-state index contributed by atoms with van der Waals surface area (Å²) in [5, 5.41) is 10.8. The second kappa shape index (κ2) is 10.8. The molecule has 11 rings (SSSR count). The highest BCUT2D eigenvalue weighted by Crippen LogP contribution is 2.41. The Morgan fingerprint density at radius 1 is 0.314 bits per heavy atom. The van der Waals surface area contributed by atoms with Gasteiger partial charge in [-0.3, -0.25) is 0 Å². The topological polar surface area (TPSA) is 9.86 Å². The van der Waals surface area contributed by atoms with Crippen molar-refractivity contribution >= 4 is 72.4 Å². The van der Waals surface area contributed by atoms with Crippen LogP contribution in [0.15, 0.2) is 194 Å². The molecule has 0 fully saturated rings. The monoisotopic (exact) mass is 664 g/mol. The van der Waals surface area contributed by atoms with Crippen molar-refractivity contribution in [2.75, 3.05) is 0 Å². The van der Waals surface area contributed by atoms with E-state index in [1.165, 1.54) is 81.2 Å². The van der Waals surface area contributed by atoms with Gasteiger partial charge in [-0.15, -0.1) is 0 Å². The molecule has 0 atom stereocenters.